The summed E-state index contributed by atoms with van der Waals surface area (Å²) in [5.41, 5.74) is 17.7. The second kappa shape index (κ2) is 14.9. The zero-order chi connectivity index (χ0) is 49.3. The summed E-state index contributed by atoms with van der Waals surface area (Å²) in [4.78, 5) is 0. The molecule has 0 saturated heterocycles. The van der Waals surface area contributed by atoms with Gasteiger partial charge in [0.25, 0.3) is 0 Å². The molecule has 1 aliphatic rings. The number of fused-ring (bicyclic) bond motifs is 14. The molecule has 0 nitrogen and oxygen atoms in total. The zero-order valence-corrected chi connectivity index (χ0v) is 41.2. The molecule has 0 unspecified atom stereocenters. The van der Waals surface area contributed by atoms with Gasteiger partial charge in [0.2, 0.25) is 0 Å². The highest BCUT2D eigenvalue weighted by atomic mass is 14.4. The second-order valence-corrected chi connectivity index (χ2v) is 21.2. The van der Waals surface area contributed by atoms with Gasteiger partial charge in [0.1, 0.15) is 0 Å². The van der Waals surface area contributed by atoms with Crippen molar-refractivity contribution < 1.29 is 0 Å². The number of hydrogen-bond donors (Lipinski definition) is 0. The smallest absolute Gasteiger partial charge is 0.000696 e. The first-order valence-electron chi connectivity index (χ1n) is 26.7. The molecule has 0 aliphatic heterocycles. The molecule has 76 heavy (non-hydrogen) atoms. The van der Waals surface area contributed by atoms with Gasteiger partial charge in [-0.15, -0.1) is 0 Å². The predicted molar refractivity (Wildman–Crippen MR) is 327 cm³/mol. The maximum atomic E-state index is 2.49. The van der Waals surface area contributed by atoms with E-state index >= 15 is 0 Å². The van der Waals surface area contributed by atoms with Crippen LogP contribution in [0.15, 0.2) is 255 Å². The molecular weight excluding hydrogens is 913 g/mol. The molecule has 0 atom stereocenters. The van der Waals surface area contributed by atoms with Gasteiger partial charge in [0, 0.05) is 0 Å². The molecule has 0 heteroatoms. The van der Waals surface area contributed by atoms with Crippen LogP contribution in [-0.4, -0.2) is 0 Å². The standard InChI is InChI=1S/C76H42/c1-6-20-43(21-7-1)61-60-42-48-30-16-17-31-49(48)66-50-32-18-19-33-51(50)71(76(60)66)75-59-41-37-55-54-36-40-58-70-57(39-35-53(68(54)70)52-34-38-56(72(61)75)69(59)67(52)55)73-64(46-26-12-4-13-27-46)62(44-22-8-2-9-23-44)63(45-24-10-3-11-25-45)65(74(58)73)47-28-14-5-15-29-47/h1-42H. The third kappa shape index (κ3) is 5.09. The molecule has 1 aliphatic carbocycles. The maximum absolute atomic E-state index is 2.49. The lowest BCUT2D eigenvalue weighted by Crippen LogP contribution is -1.99. The quantitative estimate of drug-likeness (QED) is 0.119. The van der Waals surface area contributed by atoms with Gasteiger partial charge in [0.05, 0.1) is 0 Å². The topological polar surface area (TPSA) is 0 Å². The van der Waals surface area contributed by atoms with Crippen LogP contribution >= 0.6 is 0 Å². The van der Waals surface area contributed by atoms with Gasteiger partial charge < -0.3 is 0 Å². The van der Waals surface area contributed by atoms with Gasteiger partial charge in [-0.2, -0.15) is 0 Å². The highest BCUT2D eigenvalue weighted by molar-refractivity contribution is 6.52. The van der Waals surface area contributed by atoms with E-state index < -0.39 is 0 Å². The molecule has 18 rings (SSSR count). The van der Waals surface area contributed by atoms with Crippen LogP contribution in [0.4, 0.5) is 0 Å². The monoisotopic (exact) mass is 954 g/mol. The van der Waals surface area contributed by atoms with E-state index in [0.29, 0.717) is 0 Å². The van der Waals surface area contributed by atoms with Gasteiger partial charge in [-0.25, -0.2) is 0 Å². The third-order valence-corrected chi connectivity index (χ3v) is 17.6. The van der Waals surface area contributed by atoms with Crippen molar-refractivity contribution in [3.05, 3.63) is 255 Å². The minimum Gasteiger partial charge on any atom is -0.0622 e. The van der Waals surface area contributed by atoms with Gasteiger partial charge in [-0.05, 0) is 192 Å². The Hall–Kier alpha value is -9.88. The van der Waals surface area contributed by atoms with Crippen molar-refractivity contribution >= 4 is 108 Å². The van der Waals surface area contributed by atoms with E-state index in [4.69, 9.17) is 0 Å². The Morgan fingerprint density at radius 1 is 0.145 bits per heavy atom. The van der Waals surface area contributed by atoms with Crippen molar-refractivity contribution in [3.8, 4) is 77.9 Å². The van der Waals surface area contributed by atoms with Crippen LogP contribution in [-0.2, 0) is 0 Å². The summed E-state index contributed by atoms with van der Waals surface area (Å²) in [6, 6.07) is 96.2. The summed E-state index contributed by atoms with van der Waals surface area (Å²) >= 11 is 0. The molecule has 0 radical (unpaired) electrons. The Balaban J connectivity index is 1.02. The highest BCUT2D eigenvalue weighted by Crippen LogP contribution is 2.63. The maximum Gasteiger partial charge on any atom is -0.000696 e. The lowest BCUT2D eigenvalue weighted by atomic mass is 9.76. The molecule has 0 aromatic heterocycles. The Kier molecular flexibility index (Phi) is 7.95. The molecule has 0 bridgehead atoms. The van der Waals surface area contributed by atoms with Crippen LogP contribution in [0.25, 0.3) is 186 Å². The van der Waals surface area contributed by atoms with Crippen molar-refractivity contribution in [3.63, 3.8) is 0 Å². The first-order valence-corrected chi connectivity index (χ1v) is 26.7. The fourth-order valence-electron chi connectivity index (χ4n) is 14.8. The summed E-state index contributed by atoms with van der Waals surface area (Å²) in [5.74, 6) is 0. The number of rotatable bonds is 5. The van der Waals surface area contributed by atoms with Gasteiger partial charge >= 0.3 is 0 Å². The van der Waals surface area contributed by atoms with Crippen LogP contribution in [0.5, 0.6) is 0 Å². The van der Waals surface area contributed by atoms with E-state index in [1.165, 1.54) is 186 Å². The molecule has 346 valence electrons. The SMILES string of the molecule is c1ccc(-c2c(-c3ccccc3)c(-c3ccccc3)c3c(c2-c2ccccc2)-c2ccc4c5ccc6c7c(-c8ccccc8)c8cc9ccccc9c9c%10ccccc%10c(c7c7ccc(c%10ccc-3c2c4%10)c5c67)c89)cc1. The Bertz CT molecular complexity index is 5110. The normalized spacial score (nSPS) is 12.5. The number of hydrogen-bond acceptors (Lipinski definition) is 0. The van der Waals surface area contributed by atoms with Crippen molar-refractivity contribution in [2.45, 2.75) is 0 Å². The minimum atomic E-state index is 1.21. The zero-order valence-electron chi connectivity index (χ0n) is 41.2. The average Bonchev–Trinajstić information content (AvgIpc) is 4.34. The molecule has 17 aromatic carbocycles. The summed E-state index contributed by atoms with van der Waals surface area (Å²) in [6.45, 7) is 0. The van der Waals surface area contributed by atoms with E-state index in [-0.39, 0.29) is 0 Å². The van der Waals surface area contributed by atoms with Crippen molar-refractivity contribution in [1.29, 1.82) is 0 Å². The Morgan fingerprint density at radius 3 is 0.921 bits per heavy atom. The van der Waals surface area contributed by atoms with Crippen molar-refractivity contribution in [2.24, 2.45) is 0 Å². The van der Waals surface area contributed by atoms with Crippen LogP contribution in [0, 0.1) is 0 Å². The fraction of sp³-hybridized carbons (Fsp3) is 0. The lowest BCUT2D eigenvalue weighted by molar-refractivity contribution is 1.54. The molecule has 0 fully saturated rings. The first-order chi connectivity index (χ1) is 37.8. The summed E-state index contributed by atoms with van der Waals surface area (Å²) in [6.07, 6.45) is 0. The summed E-state index contributed by atoms with van der Waals surface area (Å²) in [5, 5.41) is 26.7. The van der Waals surface area contributed by atoms with Crippen LogP contribution in [0.2, 0.25) is 0 Å². The summed E-state index contributed by atoms with van der Waals surface area (Å²) in [7, 11) is 0. The molecule has 0 saturated carbocycles. The molecular formula is C76H42. The second-order valence-electron chi connectivity index (χ2n) is 21.2. The van der Waals surface area contributed by atoms with Crippen molar-refractivity contribution in [1.82, 2.24) is 0 Å². The largest absolute Gasteiger partial charge is 0.0622 e. The first kappa shape index (κ1) is 40.6. The molecule has 17 aromatic rings. The third-order valence-electron chi connectivity index (χ3n) is 17.6. The number of benzene rings is 15. The molecule has 0 heterocycles. The van der Waals surface area contributed by atoms with Gasteiger partial charge in [-0.1, -0.05) is 249 Å². The van der Waals surface area contributed by atoms with Gasteiger partial charge in [0.15, 0.2) is 0 Å². The van der Waals surface area contributed by atoms with Crippen LogP contribution in [0.3, 0.4) is 0 Å². The van der Waals surface area contributed by atoms with Crippen LogP contribution < -0.4 is 0 Å². The Morgan fingerprint density at radius 2 is 0.434 bits per heavy atom. The predicted octanol–water partition coefficient (Wildman–Crippen LogP) is 21.5. The Labute approximate surface area is 438 Å². The molecule has 0 spiro atoms. The van der Waals surface area contributed by atoms with E-state index in [1.54, 1.807) is 0 Å². The summed E-state index contributed by atoms with van der Waals surface area (Å²) < 4.78 is 0. The lowest BCUT2D eigenvalue weighted by Gasteiger charge is -2.26. The van der Waals surface area contributed by atoms with E-state index in [0.717, 1.165) is 0 Å². The molecule has 0 amide bonds. The molecule has 0 N–H and O–H groups in total. The van der Waals surface area contributed by atoms with E-state index in [1.807, 2.05) is 0 Å². The average molecular weight is 955 g/mol. The van der Waals surface area contributed by atoms with Crippen LogP contribution in [0.1, 0.15) is 0 Å². The van der Waals surface area contributed by atoms with E-state index in [2.05, 4.69) is 255 Å². The fourth-order valence-corrected chi connectivity index (χ4v) is 14.8. The highest BCUT2D eigenvalue weighted by Gasteiger charge is 2.36. The van der Waals surface area contributed by atoms with Crippen molar-refractivity contribution in [2.75, 3.05) is 0 Å². The minimum absolute atomic E-state index is 1.21. The van der Waals surface area contributed by atoms with Gasteiger partial charge in [-0.3, -0.25) is 0 Å². The van der Waals surface area contributed by atoms with E-state index in [9.17, 15) is 0 Å².